The Bertz CT molecular complexity index is 2770. The molecule has 9 aromatic carbocycles. The van der Waals surface area contributed by atoms with Crippen molar-refractivity contribution in [2.45, 2.75) is 0 Å². The maximum absolute atomic E-state index is 2.44. The second-order valence-corrected chi connectivity index (χ2v) is 14.1. The molecule has 0 aliphatic carbocycles. The Morgan fingerprint density at radius 2 is 0.643 bits per heavy atom. The first-order valence-corrected chi connectivity index (χ1v) is 19.2. The van der Waals surface area contributed by atoms with Crippen LogP contribution in [0.5, 0.6) is 0 Å². The molecule has 0 unspecified atom stereocenters. The fourth-order valence-electron chi connectivity index (χ4n) is 8.16. The van der Waals surface area contributed by atoms with Crippen molar-refractivity contribution < 1.29 is 0 Å². The summed E-state index contributed by atoms with van der Waals surface area (Å²) >= 11 is 0. The van der Waals surface area contributed by atoms with E-state index in [0.29, 0.717) is 0 Å². The molecule has 264 valence electrons. The van der Waals surface area contributed by atoms with Crippen LogP contribution in [0.15, 0.2) is 231 Å². The van der Waals surface area contributed by atoms with Gasteiger partial charge in [0, 0.05) is 33.4 Å². The molecule has 10 rings (SSSR count). The Morgan fingerprint density at radius 3 is 1.11 bits per heavy atom. The average Bonchev–Trinajstić information content (AvgIpc) is 3.62. The van der Waals surface area contributed by atoms with Gasteiger partial charge in [-0.05, 0) is 93.5 Å². The van der Waals surface area contributed by atoms with Gasteiger partial charge in [0.05, 0.1) is 16.7 Å². The van der Waals surface area contributed by atoms with Crippen molar-refractivity contribution in [2.75, 3.05) is 4.90 Å². The van der Waals surface area contributed by atoms with Gasteiger partial charge in [0.15, 0.2) is 0 Å². The Kier molecular flexibility index (Phi) is 8.55. The molecule has 0 amide bonds. The normalized spacial score (nSPS) is 11.2. The van der Waals surface area contributed by atoms with E-state index in [-0.39, 0.29) is 0 Å². The number of nitrogens with zero attached hydrogens (tertiary/aromatic N) is 2. The average molecular weight is 715 g/mol. The van der Waals surface area contributed by atoms with Crippen molar-refractivity contribution in [3.05, 3.63) is 231 Å². The molecular weight excluding hydrogens is 677 g/mol. The molecule has 2 heteroatoms. The molecule has 1 aromatic heterocycles. The summed E-state index contributed by atoms with van der Waals surface area (Å²) < 4.78 is 2.44. The van der Waals surface area contributed by atoms with Crippen LogP contribution in [0.4, 0.5) is 17.1 Å². The summed E-state index contributed by atoms with van der Waals surface area (Å²) in [6.07, 6.45) is 0. The quantitative estimate of drug-likeness (QED) is 0.152. The molecular formula is C54H38N2. The molecule has 2 nitrogen and oxygen atoms in total. The van der Waals surface area contributed by atoms with Crippen LogP contribution < -0.4 is 4.90 Å². The Hall–Kier alpha value is -7.42. The monoisotopic (exact) mass is 714 g/mol. The minimum absolute atomic E-state index is 1.09. The van der Waals surface area contributed by atoms with E-state index in [4.69, 9.17) is 0 Å². The zero-order valence-corrected chi connectivity index (χ0v) is 30.8. The Morgan fingerprint density at radius 1 is 0.268 bits per heavy atom. The summed E-state index contributed by atoms with van der Waals surface area (Å²) in [6.45, 7) is 0. The van der Waals surface area contributed by atoms with Crippen LogP contribution in [-0.4, -0.2) is 4.57 Å². The highest BCUT2D eigenvalue weighted by molar-refractivity contribution is 6.10. The van der Waals surface area contributed by atoms with E-state index in [2.05, 4.69) is 240 Å². The minimum atomic E-state index is 1.09. The van der Waals surface area contributed by atoms with Crippen LogP contribution in [0.1, 0.15) is 0 Å². The molecule has 0 aliphatic rings. The number of aromatic nitrogens is 1. The van der Waals surface area contributed by atoms with Gasteiger partial charge in [-0.25, -0.2) is 0 Å². The maximum Gasteiger partial charge on any atom is 0.0546 e. The van der Waals surface area contributed by atoms with Gasteiger partial charge < -0.3 is 9.47 Å². The second kappa shape index (κ2) is 14.4. The predicted molar refractivity (Wildman–Crippen MR) is 237 cm³/mol. The fraction of sp³-hybridized carbons (Fsp3) is 0. The van der Waals surface area contributed by atoms with E-state index in [1.165, 1.54) is 60.8 Å². The summed E-state index contributed by atoms with van der Waals surface area (Å²) in [7, 11) is 0. The lowest BCUT2D eigenvalue weighted by Crippen LogP contribution is -2.09. The number of benzene rings is 9. The zero-order valence-electron chi connectivity index (χ0n) is 30.8. The van der Waals surface area contributed by atoms with Crippen molar-refractivity contribution in [1.29, 1.82) is 0 Å². The van der Waals surface area contributed by atoms with Crippen molar-refractivity contribution in [1.82, 2.24) is 4.57 Å². The van der Waals surface area contributed by atoms with Gasteiger partial charge in [-0.2, -0.15) is 0 Å². The van der Waals surface area contributed by atoms with E-state index in [9.17, 15) is 0 Å². The van der Waals surface area contributed by atoms with E-state index in [1.54, 1.807) is 0 Å². The summed E-state index contributed by atoms with van der Waals surface area (Å²) in [5, 5.41) is 2.51. The van der Waals surface area contributed by atoms with Crippen LogP contribution in [0.2, 0.25) is 0 Å². The Balaban J connectivity index is 1.10. The van der Waals surface area contributed by atoms with Crippen molar-refractivity contribution >= 4 is 38.9 Å². The first-order chi connectivity index (χ1) is 27.8. The molecule has 10 aromatic rings. The number of anilines is 3. The third-order valence-electron chi connectivity index (χ3n) is 10.8. The highest BCUT2D eigenvalue weighted by Crippen LogP contribution is 2.43. The van der Waals surface area contributed by atoms with E-state index in [1.807, 2.05) is 0 Å². The molecule has 0 bridgehead atoms. The summed E-state index contributed by atoms with van der Waals surface area (Å²) in [4.78, 5) is 2.35. The number of hydrogen-bond acceptors (Lipinski definition) is 1. The molecule has 0 aliphatic heterocycles. The smallest absolute Gasteiger partial charge is 0.0546 e. The SMILES string of the molecule is c1ccc(-c2ccc(N(c3ccc(-c4ccccc4)cc3)c3ccc(-c4cccc(-n5c6ccccc6c6ccccc65)c4-c4ccccc4)cc3)cc2)cc1. The van der Waals surface area contributed by atoms with Gasteiger partial charge in [-0.1, -0.05) is 176 Å². The second-order valence-electron chi connectivity index (χ2n) is 14.1. The number of rotatable bonds is 8. The summed E-state index contributed by atoms with van der Waals surface area (Å²) in [5.41, 5.74) is 16.4. The topological polar surface area (TPSA) is 8.17 Å². The van der Waals surface area contributed by atoms with Gasteiger partial charge in [0.25, 0.3) is 0 Å². The molecule has 56 heavy (non-hydrogen) atoms. The first-order valence-electron chi connectivity index (χ1n) is 19.2. The molecule has 0 saturated heterocycles. The third kappa shape index (κ3) is 6.04. The lowest BCUT2D eigenvalue weighted by atomic mass is 9.92. The predicted octanol–water partition coefficient (Wildman–Crippen LogP) is 14.9. The van der Waals surface area contributed by atoms with E-state index >= 15 is 0 Å². The molecule has 0 atom stereocenters. The Labute approximate surface area is 327 Å². The van der Waals surface area contributed by atoms with Gasteiger partial charge in [0.2, 0.25) is 0 Å². The zero-order chi connectivity index (χ0) is 37.3. The van der Waals surface area contributed by atoms with Gasteiger partial charge >= 0.3 is 0 Å². The van der Waals surface area contributed by atoms with Crippen LogP contribution in [0.3, 0.4) is 0 Å². The number of hydrogen-bond donors (Lipinski definition) is 0. The molecule has 0 radical (unpaired) electrons. The largest absolute Gasteiger partial charge is 0.311 e. The van der Waals surface area contributed by atoms with Gasteiger partial charge in [0.1, 0.15) is 0 Å². The molecule has 0 fully saturated rings. The lowest BCUT2D eigenvalue weighted by Gasteiger charge is -2.26. The standard InChI is InChI=1S/C54H38N2/c1-4-15-39(16-5-1)41-27-33-45(34-28-41)55(46-35-29-42(30-36-46)40-17-6-2-7-18-40)47-37-31-43(32-38-47)48-23-14-26-53(54(48)44-19-8-3-9-20-44)56-51-24-12-10-21-49(51)50-22-11-13-25-52(50)56/h1-38H. The van der Waals surface area contributed by atoms with Crippen molar-refractivity contribution in [3.8, 4) is 50.2 Å². The van der Waals surface area contributed by atoms with Crippen LogP contribution in [-0.2, 0) is 0 Å². The molecule has 1 heterocycles. The summed E-state index contributed by atoms with van der Waals surface area (Å²) in [6, 6.07) is 83.0. The summed E-state index contributed by atoms with van der Waals surface area (Å²) in [5.74, 6) is 0. The third-order valence-corrected chi connectivity index (χ3v) is 10.8. The molecule has 0 saturated carbocycles. The highest BCUT2D eigenvalue weighted by atomic mass is 15.1. The van der Waals surface area contributed by atoms with E-state index in [0.717, 1.165) is 28.3 Å². The van der Waals surface area contributed by atoms with Gasteiger partial charge in [-0.3, -0.25) is 0 Å². The first kappa shape index (κ1) is 33.2. The van der Waals surface area contributed by atoms with Crippen LogP contribution in [0, 0.1) is 0 Å². The molecule has 0 spiro atoms. The van der Waals surface area contributed by atoms with Crippen LogP contribution >= 0.6 is 0 Å². The van der Waals surface area contributed by atoms with E-state index < -0.39 is 0 Å². The molecule has 0 N–H and O–H groups in total. The number of para-hydroxylation sites is 2. The highest BCUT2D eigenvalue weighted by Gasteiger charge is 2.19. The number of fused-ring (bicyclic) bond motifs is 3. The van der Waals surface area contributed by atoms with Crippen LogP contribution in [0.25, 0.3) is 72.0 Å². The van der Waals surface area contributed by atoms with Gasteiger partial charge in [-0.15, -0.1) is 0 Å². The van der Waals surface area contributed by atoms with Crippen molar-refractivity contribution in [2.24, 2.45) is 0 Å². The fourth-order valence-corrected chi connectivity index (χ4v) is 8.16. The van der Waals surface area contributed by atoms with Crippen molar-refractivity contribution in [3.63, 3.8) is 0 Å². The minimum Gasteiger partial charge on any atom is -0.311 e. The lowest BCUT2D eigenvalue weighted by molar-refractivity contribution is 1.18. The maximum atomic E-state index is 2.44.